The third-order valence-electron chi connectivity index (χ3n) is 2.49. The maximum atomic E-state index is 5.34. The van der Waals surface area contributed by atoms with Gasteiger partial charge in [-0.05, 0) is 28.1 Å². The number of hydrogen-bond acceptors (Lipinski definition) is 4. The molecule has 0 amide bonds. The summed E-state index contributed by atoms with van der Waals surface area (Å²) in [5.74, 6) is 2.06. The van der Waals surface area contributed by atoms with Crippen LogP contribution in [0.2, 0.25) is 0 Å². The summed E-state index contributed by atoms with van der Waals surface area (Å²) in [6, 6.07) is 3.63. The summed E-state index contributed by atoms with van der Waals surface area (Å²) in [7, 11) is 4.83. The highest BCUT2D eigenvalue weighted by molar-refractivity contribution is 9.10. The summed E-state index contributed by atoms with van der Waals surface area (Å²) in [6.07, 6.45) is 1.68. The third kappa shape index (κ3) is 1.91. The highest BCUT2D eigenvalue weighted by Crippen LogP contribution is 2.42. The second kappa shape index (κ2) is 4.79. The van der Waals surface area contributed by atoms with E-state index in [4.69, 9.17) is 14.2 Å². The number of aromatic nitrogens is 1. The molecule has 0 radical (unpaired) electrons. The summed E-state index contributed by atoms with van der Waals surface area (Å²) >= 11 is 3.43. The third-order valence-corrected chi connectivity index (χ3v) is 3.08. The van der Waals surface area contributed by atoms with Gasteiger partial charge in [0.25, 0.3) is 0 Å². The van der Waals surface area contributed by atoms with Crippen LogP contribution in [0.5, 0.6) is 17.2 Å². The Hall–Kier alpha value is -1.49. The van der Waals surface area contributed by atoms with Gasteiger partial charge in [0.05, 0.1) is 31.2 Å². The molecule has 17 heavy (non-hydrogen) atoms. The number of ether oxygens (including phenoxy) is 3. The maximum absolute atomic E-state index is 5.34. The van der Waals surface area contributed by atoms with E-state index in [9.17, 15) is 0 Å². The number of pyridine rings is 1. The van der Waals surface area contributed by atoms with Gasteiger partial charge < -0.3 is 14.2 Å². The summed E-state index contributed by atoms with van der Waals surface area (Å²) in [5, 5.41) is 0.803. The molecule has 0 fully saturated rings. The quantitative estimate of drug-likeness (QED) is 0.873. The molecule has 0 saturated heterocycles. The topological polar surface area (TPSA) is 40.6 Å². The molecule has 0 unspecified atom stereocenters. The van der Waals surface area contributed by atoms with E-state index in [2.05, 4.69) is 20.9 Å². The Morgan fingerprint density at radius 2 is 1.76 bits per heavy atom. The summed E-state index contributed by atoms with van der Waals surface area (Å²) in [6.45, 7) is 0. The number of nitrogens with zero attached hydrogens (tertiary/aromatic N) is 1. The van der Waals surface area contributed by atoms with Crippen molar-refractivity contribution in [1.29, 1.82) is 0 Å². The van der Waals surface area contributed by atoms with Crippen molar-refractivity contribution in [2.75, 3.05) is 21.3 Å². The fraction of sp³-hybridized carbons (Fsp3) is 0.250. The normalized spacial score (nSPS) is 10.4. The Kier molecular flexibility index (Phi) is 3.38. The number of methoxy groups -OCH3 is 3. The van der Waals surface area contributed by atoms with Crippen LogP contribution < -0.4 is 14.2 Å². The fourth-order valence-corrected chi connectivity index (χ4v) is 2.30. The van der Waals surface area contributed by atoms with Gasteiger partial charge >= 0.3 is 0 Å². The van der Waals surface area contributed by atoms with E-state index in [1.807, 2.05) is 6.07 Å². The average Bonchev–Trinajstić information content (AvgIpc) is 2.36. The number of hydrogen-bond donors (Lipinski definition) is 0. The van der Waals surface area contributed by atoms with E-state index in [1.54, 1.807) is 33.6 Å². The standard InChI is InChI=1S/C12H12BrNO3/c1-15-8-4-5-14-11-10(8)9(16-2)6-7(13)12(11)17-3/h4-6H,1-3H3. The number of rotatable bonds is 3. The minimum Gasteiger partial charge on any atom is -0.496 e. The van der Waals surface area contributed by atoms with Crippen molar-refractivity contribution in [2.24, 2.45) is 0 Å². The van der Waals surface area contributed by atoms with Crippen LogP contribution in [0.1, 0.15) is 0 Å². The molecule has 1 heterocycles. The number of halogens is 1. The molecule has 0 aliphatic heterocycles. The smallest absolute Gasteiger partial charge is 0.159 e. The predicted octanol–water partition coefficient (Wildman–Crippen LogP) is 3.02. The van der Waals surface area contributed by atoms with Gasteiger partial charge in [0.15, 0.2) is 5.75 Å². The molecule has 0 atom stereocenters. The summed E-state index contributed by atoms with van der Waals surface area (Å²) in [4.78, 5) is 4.32. The van der Waals surface area contributed by atoms with Crippen molar-refractivity contribution in [2.45, 2.75) is 0 Å². The summed E-state index contributed by atoms with van der Waals surface area (Å²) < 4.78 is 16.8. The van der Waals surface area contributed by atoms with Crippen LogP contribution in [0.4, 0.5) is 0 Å². The molecule has 0 bridgehead atoms. The van der Waals surface area contributed by atoms with E-state index < -0.39 is 0 Å². The molecule has 0 aliphatic rings. The van der Waals surface area contributed by atoms with Crippen LogP contribution in [-0.2, 0) is 0 Å². The van der Waals surface area contributed by atoms with E-state index in [1.165, 1.54) is 0 Å². The van der Waals surface area contributed by atoms with Gasteiger partial charge in [-0.15, -0.1) is 0 Å². The molecule has 0 spiro atoms. The molecule has 90 valence electrons. The Balaban J connectivity index is 2.91. The number of benzene rings is 1. The minimum atomic E-state index is 0.666. The Bertz CT molecular complexity index is 557. The molecule has 4 nitrogen and oxygen atoms in total. The molecule has 2 rings (SSSR count). The zero-order valence-corrected chi connectivity index (χ0v) is 11.4. The summed E-state index contributed by atoms with van der Waals surface area (Å²) in [5.41, 5.74) is 0.707. The van der Waals surface area contributed by atoms with Gasteiger partial charge in [-0.2, -0.15) is 0 Å². The average molecular weight is 298 g/mol. The Morgan fingerprint density at radius 3 is 2.35 bits per heavy atom. The fourth-order valence-electron chi connectivity index (χ4n) is 1.75. The lowest BCUT2D eigenvalue weighted by Gasteiger charge is -2.13. The van der Waals surface area contributed by atoms with Crippen LogP contribution in [-0.4, -0.2) is 26.3 Å². The maximum Gasteiger partial charge on any atom is 0.159 e. The van der Waals surface area contributed by atoms with Crippen molar-refractivity contribution in [3.63, 3.8) is 0 Å². The number of fused-ring (bicyclic) bond motifs is 1. The molecular weight excluding hydrogens is 286 g/mol. The van der Waals surface area contributed by atoms with Crippen molar-refractivity contribution < 1.29 is 14.2 Å². The second-order valence-electron chi connectivity index (χ2n) is 3.33. The van der Waals surface area contributed by atoms with Crippen molar-refractivity contribution >= 4 is 26.8 Å². The molecular formula is C12H12BrNO3. The highest BCUT2D eigenvalue weighted by atomic mass is 79.9. The molecule has 1 aromatic carbocycles. The van der Waals surface area contributed by atoms with Gasteiger partial charge in [0.2, 0.25) is 0 Å². The van der Waals surface area contributed by atoms with Gasteiger partial charge in [0.1, 0.15) is 17.0 Å². The minimum absolute atomic E-state index is 0.666. The van der Waals surface area contributed by atoms with E-state index >= 15 is 0 Å². The van der Waals surface area contributed by atoms with Crippen LogP contribution in [0.15, 0.2) is 22.8 Å². The van der Waals surface area contributed by atoms with E-state index in [0.29, 0.717) is 22.8 Å². The monoisotopic (exact) mass is 297 g/mol. The zero-order chi connectivity index (χ0) is 12.4. The lowest BCUT2D eigenvalue weighted by molar-refractivity contribution is 0.398. The molecule has 2 aromatic rings. The Morgan fingerprint density at radius 1 is 1.06 bits per heavy atom. The van der Waals surface area contributed by atoms with Crippen LogP contribution in [0.3, 0.4) is 0 Å². The van der Waals surface area contributed by atoms with Gasteiger partial charge in [-0.25, -0.2) is 0 Å². The van der Waals surface area contributed by atoms with Crippen LogP contribution in [0, 0.1) is 0 Å². The molecule has 0 N–H and O–H groups in total. The van der Waals surface area contributed by atoms with Crippen LogP contribution in [0.25, 0.3) is 10.9 Å². The lowest BCUT2D eigenvalue weighted by Crippen LogP contribution is -1.95. The molecule has 1 aromatic heterocycles. The predicted molar refractivity (Wildman–Crippen MR) is 69.1 cm³/mol. The molecule has 0 aliphatic carbocycles. The largest absolute Gasteiger partial charge is 0.496 e. The SMILES string of the molecule is COc1c(Br)cc(OC)c2c(OC)ccnc12. The van der Waals surface area contributed by atoms with E-state index in [0.717, 1.165) is 9.86 Å². The van der Waals surface area contributed by atoms with Crippen molar-refractivity contribution in [3.8, 4) is 17.2 Å². The highest BCUT2D eigenvalue weighted by Gasteiger charge is 2.16. The van der Waals surface area contributed by atoms with Gasteiger partial charge in [0, 0.05) is 6.20 Å². The first-order valence-corrected chi connectivity index (χ1v) is 5.75. The lowest BCUT2D eigenvalue weighted by atomic mass is 10.1. The first-order chi connectivity index (χ1) is 8.22. The first kappa shape index (κ1) is 12.0. The van der Waals surface area contributed by atoms with Gasteiger partial charge in [-0.3, -0.25) is 4.98 Å². The van der Waals surface area contributed by atoms with Crippen molar-refractivity contribution in [1.82, 2.24) is 4.98 Å². The van der Waals surface area contributed by atoms with Crippen molar-refractivity contribution in [3.05, 3.63) is 22.8 Å². The zero-order valence-electron chi connectivity index (χ0n) is 9.78. The van der Waals surface area contributed by atoms with Crippen LogP contribution >= 0.6 is 15.9 Å². The molecule has 5 heteroatoms. The second-order valence-corrected chi connectivity index (χ2v) is 4.19. The Labute approximate surface area is 108 Å². The van der Waals surface area contributed by atoms with Gasteiger partial charge in [-0.1, -0.05) is 0 Å². The first-order valence-electron chi connectivity index (χ1n) is 4.96. The molecule has 0 saturated carbocycles. The van der Waals surface area contributed by atoms with E-state index in [-0.39, 0.29) is 0 Å².